The average Bonchev–Trinajstić information content (AvgIpc) is 2.85. The van der Waals surface area contributed by atoms with Crippen LogP contribution in [0.3, 0.4) is 0 Å². The Morgan fingerprint density at radius 2 is 2.09 bits per heavy atom. The van der Waals surface area contributed by atoms with Crippen LogP contribution in [0.4, 0.5) is 4.39 Å². The molecule has 0 saturated carbocycles. The molecule has 3 heterocycles. The first-order chi connectivity index (χ1) is 10.5. The highest BCUT2D eigenvalue weighted by Crippen LogP contribution is 2.25. The van der Waals surface area contributed by atoms with Gasteiger partial charge in [-0.1, -0.05) is 0 Å². The van der Waals surface area contributed by atoms with E-state index in [0.29, 0.717) is 25.1 Å². The molecule has 120 valence electrons. The molecule has 0 spiro atoms. The van der Waals surface area contributed by atoms with Crippen LogP contribution in [0.2, 0.25) is 0 Å². The summed E-state index contributed by atoms with van der Waals surface area (Å²) >= 11 is 0. The van der Waals surface area contributed by atoms with Gasteiger partial charge < -0.3 is 14.8 Å². The monoisotopic (exact) mass is 308 g/mol. The maximum absolute atomic E-state index is 12.9. The highest BCUT2D eigenvalue weighted by atomic mass is 19.1. The normalized spacial score (nSPS) is 21.5. The van der Waals surface area contributed by atoms with Gasteiger partial charge in [0.2, 0.25) is 5.91 Å². The summed E-state index contributed by atoms with van der Waals surface area (Å²) in [5, 5.41) is 2.92. The summed E-state index contributed by atoms with van der Waals surface area (Å²) in [6, 6.07) is 0.119. The van der Waals surface area contributed by atoms with E-state index in [1.165, 1.54) is 4.90 Å². The summed E-state index contributed by atoms with van der Waals surface area (Å²) in [6.07, 6.45) is 2.05. The SMILES string of the molecule is CC(C)NC(=O)C1CCc2c(C(=O)N3CC(F)C3)ncn2C1. The molecule has 22 heavy (non-hydrogen) atoms. The Labute approximate surface area is 128 Å². The Hall–Kier alpha value is -1.92. The maximum atomic E-state index is 12.9. The van der Waals surface area contributed by atoms with Crippen LogP contribution < -0.4 is 5.32 Å². The molecule has 0 bridgehead atoms. The molecule has 1 aromatic heterocycles. The molecule has 6 nitrogen and oxygen atoms in total. The number of likely N-dealkylation sites (tertiary alicyclic amines) is 1. The number of carbonyl (C=O) groups excluding carboxylic acids is 2. The van der Waals surface area contributed by atoms with Gasteiger partial charge in [0, 0.05) is 12.6 Å². The summed E-state index contributed by atoms with van der Waals surface area (Å²) in [4.78, 5) is 30.0. The van der Waals surface area contributed by atoms with Gasteiger partial charge in [0.15, 0.2) is 0 Å². The van der Waals surface area contributed by atoms with Crippen molar-refractivity contribution >= 4 is 11.8 Å². The fraction of sp³-hybridized carbons (Fsp3) is 0.667. The first-order valence-electron chi connectivity index (χ1n) is 7.73. The second-order valence-electron chi connectivity index (χ2n) is 6.40. The van der Waals surface area contributed by atoms with Crippen molar-refractivity contribution in [2.24, 2.45) is 5.92 Å². The molecule has 1 saturated heterocycles. The van der Waals surface area contributed by atoms with Gasteiger partial charge in [0.1, 0.15) is 11.9 Å². The van der Waals surface area contributed by atoms with Gasteiger partial charge in [-0.25, -0.2) is 9.37 Å². The number of hydrogen-bond donors (Lipinski definition) is 1. The van der Waals surface area contributed by atoms with E-state index in [1.807, 2.05) is 18.4 Å². The summed E-state index contributed by atoms with van der Waals surface area (Å²) < 4.78 is 14.8. The maximum Gasteiger partial charge on any atom is 0.274 e. The van der Waals surface area contributed by atoms with Gasteiger partial charge in [0.05, 0.1) is 31.0 Å². The number of carbonyl (C=O) groups is 2. The zero-order valence-corrected chi connectivity index (χ0v) is 12.9. The summed E-state index contributed by atoms with van der Waals surface area (Å²) in [7, 11) is 0. The van der Waals surface area contributed by atoms with Crippen LogP contribution in [0.25, 0.3) is 0 Å². The topological polar surface area (TPSA) is 67.2 Å². The number of nitrogens with zero attached hydrogens (tertiary/aromatic N) is 3. The van der Waals surface area contributed by atoms with Crippen molar-refractivity contribution < 1.29 is 14.0 Å². The lowest BCUT2D eigenvalue weighted by atomic mass is 9.95. The van der Waals surface area contributed by atoms with E-state index in [9.17, 15) is 14.0 Å². The van der Waals surface area contributed by atoms with Gasteiger partial charge in [-0.3, -0.25) is 9.59 Å². The number of nitrogens with one attached hydrogen (secondary N) is 1. The zero-order valence-electron chi connectivity index (χ0n) is 12.9. The molecule has 1 unspecified atom stereocenters. The number of alkyl halides is 1. The van der Waals surface area contributed by atoms with Crippen LogP contribution >= 0.6 is 0 Å². The fourth-order valence-corrected chi connectivity index (χ4v) is 3.00. The molecule has 1 N–H and O–H groups in total. The van der Waals surface area contributed by atoms with Crippen molar-refractivity contribution in [1.29, 1.82) is 0 Å². The van der Waals surface area contributed by atoms with Gasteiger partial charge in [0.25, 0.3) is 5.91 Å². The fourth-order valence-electron chi connectivity index (χ4n) is 3.00. The highest BCUT2D eigenvalue weighted by Gasteiger charge is 2.35. The second-order valence-corrected chi connectivity index (χ2v) is 6.40. The third-order valence-corrected chi connectivity index (χ3v) is 4.22. The Bertz CT molecular complexity index is 592. The second kappa shape index (κ2) is 5.70. The Morgan fingerprint density at radius 3 is 2.73 bits per heavy atom. The molecule has 3 rings (SSSR count). The van der Waals surface area contributed by atoms with Crippen LogP contribution in [-0.4, -0.2) is 51.6 Å². The van der Waals surface area contributed by atoms with Crippen LogP contribution in [0.1, 0.15) is 36.5 Å². The van der Waals surface area contributed by atoms with E-state index in [0.717, 1.165) is 5.69 Å². The Balaban J connectivity index is 1.70. The minimum atomic E-state index is -0.911. The van der Waals surface area contributed by atoms with Gasteiger partial charge >= 0.3 is 0 Å². The van der Waals surface area contributed by atoms with E-state index in [-0.39, 0.29) is 36.9 Å². The van der Waals surface area contributed by atoms with E-state index in [2.05, 4.69) is 10.3 Å². The van der Waals surface area contributed by atoms with Crippen molar-refractivity contribution in [1.82, 2.24) is 19.8 Å². The number of aromatic nitrogens is 2. The summed E-state index contributed by atoms with van der Waals surface area (Å²) in [5.74, 6) is -0.246. The van der Waals surface area contributed by atoms with Crippen molar-refractivity contribution in [3.05, 3.63) is 17.7 Å². The highest BCUT2D eigenvalue weighted by molar-refractivity contribution is 5.94. The van der Waals surface area contributed by atoms with Crippen molar-refractivity contribution in [3.8, 4) is 0 Å². The predicted molar refractivity (Wildman–Crippen MR) is 78.1 cm³/mol. The molecule has 2 aliphatic rings. The molecule has 0 aromatic carbocycles. The lowest BCUT2D eigenvalue weighted by molar-refractivity contribution is -0.126. The van der Waals surface area contributed by atoms with Crippen molar-refractivity contribution in [3.63, 3.8) is 0 Å². The molecule has 1 aromatic rings. The van der Waals surface area contributed by atoms with E-state index in [1.54, 1.807) is 6.33 Å². The van der Waals surface area contributed by atoms with Crippen LogP contribution in [0, 0.1) is 5.92 Å². The Kier molecular flexibility index (Phi) is 3.88. The zero-order chi connectivity index (χ0) is 15.9. The van der Waals surface area contributed by atoms with Crippen LogP contribution in [-0.2, 0) is 17.8 Å². The standard InChI is InChI=1S/C15H21FN4O2/c1-9(2)18-14(21)10-3-4-12-13(17-8-20(12)5-10)15(22)19-6-11(16)7-19/h8-11H,3-7H2,1-2H3,(H,18,21). The number of rotatable bonds is 3. The molecule has 0 radical (unpaired) electrons. The van der Waals surface area contributed by atoms with E-state index < -0.39 is 6.17 Å². The molecule has 2 amide bonds. The Morgan fingerprint density at radius 1 is 1.36 bits per heavy atom. The van der Waals surface area contributed by atoms with Crippen LogP contribution in [0.5, 0.6) is 0 Å². The largest absolute Gasteiger partial charge is 0.354 e. The average molecular weight is 308 g/mol. The van der Waals surface area contributed by atoms with Gasteiger partial charge in [-0.05, 0) is 26.7 Å². The lowest BCUT2D eigenvalue weighted by Gasteiger charge is -2.34. The van der Waals surface area contributed by atoms with Crippen molar-refractivity contribution in [2.45, 2.75) is 45.4 Å². The minimum absolute atomic E-state index is 0.0465. The van der Waals surface area contributed by atoms with Crippen molar-refractivity contribution in [2.75, 3.05) is 13.1 Å². The lowest BCUT2D eigenvalue weighted by Crippen LogP contribution is -2.51. The molecule has 1 atom stereocenters. The number of amides is 2. The number of imidazole rings is 1. The molecular formula is C15H21FN4O2. The molecular weight excluding hydrogens is 287 g/mol. The number of fused-ring (bicyclic) bond motifs is 1. The third kappa shape index (κ3) is 2.71. The van der Waals surface area contributed by atoms with Gasteiger partial charge in [-0.2, -0.15) is 0 Å². The summed E-state index contributed by atoms with van der Waals surface area (Å²) in [5.41, 5.74) is 1.27. The third-order valence-electron chi connectivity index (χ3n) is 4.22. The number of halogens is 1. The first-order valence-corrected chi connectivity index (χ1v) is 7.73. The van der Waals surface area contributed by atoms with E-state index >= 15 is 0 Å². The molecule has 7 heteroatoms. The van der Waals surface area contributed by atoms with Gasteiger partial charge in [-0.15, -0.1) is 0 Å². The molecule has 2 aliphatic heterocycles. The number of hydrogen-bond acceptors (Lipinski definition) is 3. The first kappa shape index (κ1) is 15.0. The quantitative estimate of drug-likeness (QED) is 0.896. The summed E-state index contributed by atoms with van der Waals surface area (Å²) in [6.45, 7) is 4.73. The molecule has 1 fully saturated rings. The predicted octanol–water partition coefficient (Wildman–Crippen LogP) is 0.764. The molecule has 0 aliphatic carbocycles. The smallest absolute Gasteiger partial charge is 0.274 e. The minimum Gasteiger partial charge on any atom is -0.354 e. The van der Waals surface area contributed by atoms with Crippen LogP contribution in [0.15, 0.2) is 6.33 Å². The van der Waals surface area contributed by atoms with E-state index in [4.69, 9.17) is 0 Å².